The van der Waals surface area contributed by atoms with E-state index in [-0.39, 0.29) is 37.4 Å². The molecule has 0 saturated carbocycles. The van der Waals surface area contributed by atoms with Crippen LogP contribution < -0.4 is 5.73 Å². The second-order valence-electron chi connectivity index (χ2n) is 11.4. The summed E-state index contributed by atoms with van der Waals surface area (Å²) in [5, 5.41) is 0. The van der Waals surface area contributed by atoms with Crippen molar-refractivity contribution in [2.24, 2.45) is 17.6 Å². The summed E-state index contributed by atoms with van der Waals surface area (Å²) in [4.78, 5) is 41.8. The van der Waals surface area contributed by atoms with Gasteiger partial charge in [-0.3, -0.25) is 19.3 Å². The number of carbonyl (C=O) groups excluding carboxylic acids is 3. The number of carbonyl (C=O) groups is 3. The SMILES string of the molecule is CCCCCCCCCCCCN(C(=O)CCN)C(=O)[C@H](Cc1ccccc1)C[C@@H](Cc1ccccc1)C(=O)OCC. The number of nitrogens with zero attached hydrogens (tertiary/aromatic N) is 1. The Labute approximate surface area is 254 Å². The third kappa shape index (κ3) is 13.8. The molecule has 0 bridgehead atoms. The Morgan fingerprint density at radius 2 is 1.21 bits per heavy atom. The molecule has 6 heteroatoms. The van der Waals surface area contributed by atoms with Crippen LogP contribution >= 0.6 is 0 Å². The predicted octanol–water partition coefficient (Wildman–Crippen LogP) is 7.28. The number of ether oxygens (including phenoxy) is 1. The number of esters is 1. The number of hydrogen-bond donors (Lipinski definition) is 1. The summed E-state index contributed by atoms with van der Waals surface area (Å²) >= 11 is 0. The van der Waals surface area contributed by atoms with Gasteiger partial charge in [0.05, 0.1) is 12.5 Å². The zero-order chi connectivity index (χ0) is 30.4. The molecule has 2 amide bonds. The zero-order valence-electron chi connectivity index (χ0n) is 26.1. The van der Waals surface area contributed by atoms with Gasteiger partial charge < -0.3 is 10.5 Å². The highest BCUT2D eigenvalue weighted by atomic mass is 16.5. The summed E-state index contributed by atoms with van der Waals surface area (Å²) in [5.74, 6) is -1.77. The second kappa shape index (κ2) is 21.7. The summed E-state index contributed by atoms with van der Waals surface area (Å²) in [5.41, 5.74) is 7.76. The highest BCUT2D eigenvalue weighted by Gasteiger charge is 2.33. The molecule has 0 aliphatic carbocycles. The fourth-order valence-electron chi connectivity index (χ4n) is 5.53. The number of benzene rings is 2. The van der Waals surface area contributed by atoms with Crippen molar-refractivity contribution in [2.45, 2.75) is 104 Å². The van der Waals surface area contributed by atoms with Gasteiger partial charge in [0.25, 0.3) is 0 Å². The van der Waals surface area contributed by atoms with Crippen LogP contribution in [0.25, 0.3) is 0 Å². The third-order valence-electron chi connectivity index (χ3n) is 7.85. The Hall–Kier alpha value is -2.99. The standard InChI is InChI=1S/C36H54N2O4/c1-3-5-6-7-8-9-10-11-12-19-26-38(34(39)24-25-37)35(40)32(27-30-20-15-13-16-21-30)29-33(36(41)42-4-2)28-31-22-17-14-18-23-31/h13-18,20-23,32-33H,3-12,19,24-29,37H2,1-2H3/t32-,33-/m1/s1. The van der Waals surface area contributed by atoms with Gasteiger partial charge in [-0.15, -0.1) is 0 Å². The van der Waals surface area contributed by atoms with Crippen molar-refractivity contribution >= 4 is 17.8 Å². The van der Waals surface area contributed by atoms with Gasteiger partial charge in [0.15, 0.2) is 0 Å². The highest BCUT2D eigenvalue weighted by Crippen LogP contribution is 2.25. The normalized spacial score (nSPS) is 12.5. The fraction of sp³-hybridized carbons (Fsp3) is 0.583. The molecule has 0 unspecified atom stereocenters. The van der Waals surface area contributed by atoms with Crippen LogP contribution in [0.5, 0.6) is 0 Å². The third-order valence-corrected chi connectivity index (χ3v) is 7.85. The van der Waals surface area contributed by atoms with E-state index in [4.69, 9.17) is 10.5 Å². The van der Waals surface area contributed by atoms with Crippen molar-refractivity contribution in [3.63, 3.8) is 0 Å². The van der Waals surface area contributed by atoms with Gasteiger partial charge in [0.1, 0.15) is 0 Å². The Kier molecular flexibility index (Phi) is 18.2. The minimum absolute atomic E-state index is 0.132. The maximum absolute atomic E-state index is 14.1. The maximum Gasteiger partial charge on any atom is 0.309 e. The molecule has 0 radical (unpaired) electrons. The van der Waals surface area contributed by atoms with Crippen LogP contribution in [0.4, 0.5) is 0 Å². The first-order chi connectivity index (χ1) is 20.5. The van der Waals surface area contributed by atoms with Crippen LogP contribution in [0.15, 0.2) is 60.7 Å². The lowest BCUT2D eigenvalue weighted by Crippen LogP contribution is -2.43. The van der Waals surface area contributed by atoms with E-state index in [1.807, 2.05) is 60.7 Å². The van der Waals surface area contributed by atoms with E-state index in [1.54, 1.807) is 6.92 Å². The van der Waals surface area contributed by atoms with E-state index in [0.717, 1.165) is 30.4 Å². The molecule has 0 fully saturated rings. The lowest BCUT2D eigenvalue weighted by atomic mass is 9.85. The van der Waals surface area contributed by atoms with Crippen LogP contribution in [0.2, 0.25) is 0 Å². The lowest BCUT2D eigenvalue weighted by molar-refractivity contribution is -0.150. The first-order valence-corrected chi connectivity index (χ1v) is 16.3. The number of rotatable bonds is 22. The van der Waals surface area contributed by atoms with Crippen molar-refractivity contribution in [3.05, 3.63) is 71.8 Å². The predicted molar refractivity (Wildman–Crippen MR) is 171 cm³/mol. The molecule has 2 rings (SSSR count). The second-order valence-corrected chi connectivity index (χ2v) is 11.4. The molecule has 0 aliphatic heterocycles. The number of imide groups is 1. The van der Waals surface area contributed by atoms with E-state index < -0.39 is 11.8 Å². The number of hydrogen-bond acceptors (Lipinski definition) is 5. The minimum Gasteiger partial charge on any atom is -0.466 e. The summed E-state index contributed by atoms with van der Waals surface area (Å²) in [6, 6.07) is 19.6. The number of unbranched alkanes of at least 4 members (excludes halogenated alkanes) is 9. The molecule has 0 aromatic heterocycles. The van der Waals surface area contributed by atoms with Gasteiger partial charge in [0.2, 0.25) is 11.8 Å². The van der Waals surface area contributed by atoms with Crippen LogP contribution in [-0.4, -0.2) is 42.4 Å². The minimum atomic E-state index is -0.532. The van der Waals surface area contributed by atoms with Crippen LogP contribution in [0.3, 0.4) is 0 Å². The molecule has 42 heavy (non-hydrogen) atoms. The van der Waals surface area contributed by atoms with E-state index in [1.165, 1.54) is 49.8 Å². The molecule has 2 atom stereocenters. The topological polar surface area (TPSA) is 89.7 Å². The lowest BCUT2D eigenvalue weighted by Gasteiger charge is -2.28. The molecule has 0 saturated heterocycles. The smallest absolute Gasteiger partial charge is 0.309 e. The average Bonchev–Trinajstić information content (AvgIpc) is 3.00. The zero-order valence-corrected chi connectivity index (χ0v) is 26.1. The Morgan fingerprint density at radius 1 is 0.714 bits per heavy atom. The first kappa shape index (κ1) is 35.2. The molecule has 6 nitrogen and oxygen atoms in total. The highest BCUT2D eigenvalue weighted by molar-refractivity contribution is 5.96. The summed E-state index contributed by atoms with van der Waals surface area (Å²) in [6.07, 6.45) is 13.2. The monoisotopic (exact) mass is 578 g/mol. The Morgan fingerprint density at radius 3 is 1.71 bits per heavy atom. The van der Waals surface area contributed by atoms with E-state index in [9.17, 15) is 14.4 Å². The van der Waals surface area contributed by atoms with E-state index >= 15 is 0 Å². The number of nitrogens with two attached hydrogens (primary N) is 1. The van der Waals surface area contributed by atoms with Crippen LogP contribution in [0, 0.1) is 11.8 Å². The summed E-state index contributed by atoms with van der Waals surface area (Å²) < 4.78 is 5.45. The summed E-state index contributed by atoms with van der Waals surface area (Å²) in [6.45, 7) is 4.90. The average molecular weight is 579 g/mol. The van der Waals surface area contributed by atoms with Crippen molar-refractivity contribution in [2.75, 3.05) is 19.7 Å². The van der Waals surface area contributed by atoms with Gasteiger partial charge in [-0.25, -0.2) is 0 Å². The first-order valence-electron chi connectivity index (χ1n) is 16.3. The van der Waals surface area contributed by atoms with Gasteiger partial charge in [-0.05, 0) is 43.7 Å². The largest absolute Gasteiger partial charge is 0.466 e. The molecule has 2 aromatic carbocycles. The van der Waals surface area contributed by atoms with E-state index in [0.29, 0.717) is 25.8 Å². The quantitative estimate of drug-likeness (QED) is 0.117. The van der Waals surface area contributed by atoms with Gasteiger partial charge >= 0.3 is 5.97 Å². The van der Waals surface area contributed by atoms with Crippen molar-refractivity contribution in [1.82, 2.24) is 4.90 Å². The molecule has 2 aromatic rings. The molecular formula is C36H54N2O4. The van der Waals surface area contributed by atoms with Crippen molar-refractivity contribution < 1.29 is 19.1 Å². The van der Waals surface area contributed by atoms with Gasteiger partial charge in [-0.1, -0.05) is 125 Å². The Bertz CT molecular complexity index is 1010. The molecule has 232 valence electrons. The molecule has 0 heterocycles. The van der Waals surface area contributed by atoms with E-state index in [2.05, 4.69) is 6.92 Å². The number of amides is 2. The van der Waals surface area contributed by atoms with Crippen LogP contribution in [0.1, 0.15) is 102 Å². The molecule has 0 aliphatic rings. The molecule has 2 N–H and O–H groups in total. The molecule has 0 spiro atoms. The van der Waals surface area contributed by atoms with Crippen molar-refractivity contribution in [3.8, 4) is 0 Å². The van der Waals surface area contributed by atoms with Gasteiger partial charge in [0, 0.05) is 25.4 Å². The van der Waals surface area contributed by atoms with Crippen LogP contribution in [-0.2, 0) is 32.0 Å². The summed E-state index contributed by atoms with van der Waals surface area (Å²) in [7, 11) is 0. The fourth-order valence-corrected chi connectivity index (χ4v) is 5.53. The maximum atomic E-state index is 14.1. The Balaban J connectivity index is 2.14. The molecular weight excluding hydrogens is 524 g/mol. The van der Waals surface area contributed by atoms with Gasteiger partial charge in [-0.2, -0.15) is 0 Å². The van der Waals surface area contributed by atoms with Crippen molar-refractivity contribution in [1.29, 1.82) is 0 Å².